The first-order valence-electron chi connectivity index (χ1n) is 14.2. The van der Waals surface area contributed by atoms with Gasteiger partial charge in [-0.05, 0) is 69.2 Å². The van der Waals surface area contributed by atoms with Gasteiger partial charge in [-0.2, -0.15) is 5.10 Å². The molecule has 0 bridgehead atoms. The third kappa shape index (κ3) is 6.20. The van der Waals surface area contributed by atoms with Crippen LogP contribution >= 0.6 is 0 Å². The third-order valence-electron chi connectivity index (χ3n) is 7.86. The zero-order valence-corrected chi connectivity index (χ0v) is 25.0. The van der Waals surface area contributed by atoms with Crippen LogP contribution in [0.15, 0.2) is 47.5 Å². The van der Waals surface area contributed by atoms with E-state index in [1.54, 1.807) is 18.0 Å². The predicted molar refractivity (Wildman–Crippen MR) is 160 cm³/mol. The number of fused-ring (bicyclic) bond motifs is 1. The van der Waals surface area contributed by atoms with Gasteiger partial charge in [0.15, 0.2) is 0 Å². The second-order valence-electron chi connectivity index (χ2n) is 11.1. The number of nitrogen functional groups attached to an aromatic ring is 1. The fourth-order valence-corrected chi connectivity index (χ4v) is 6.86. The van der Waals surface area contributed by atoms with Gasteiger partial charge in [0.2, 0.25) is 0 Å². The molecule has 230 valence electrons. The van der Waals surface area contributed by atoms with Gasteiger partial charge in [-0.1, -0.05) is 12.1 Å². The summed E-state index contributed by atoms with van der Waals surface area (Å²) in [5, 5.41) is 8.61. The summed E-state index contributed by atoms with van der Waals surface area (Å²) in [5.41, 5.74) is 7.25. The molecule has 0 saturated heterocycles. The van der Waals surface area contributed by atoms with Crippen molar-refractivity contribution < 1.29 is 26.3 Å². The van der Waals surface area contributed by atoms with Gasteiger partial charge in [0.05, 0.1) is 23.2 Å². The van der Waals surface area contributed by atoms with Crippen molar-refractivity contribution in [3.8, 4) is 11.3 Å². The largest absolute Gasteiger partial charge is 0.383 e. The Morgan fingerprint density at radius 3 is 2.47 bits per heavy atom. The first kappa shape index (κ1) is 30.8. The highest BCUT2D eigenvalue weighted by Gasteiger charge is 2.29. The van der Waals surface area contributed by atoms with E-state index in [1.807, 2.05) is 18.6 Å². The Morgan fingerprint density at radius 1 is 1.07 bits per heavy atom. The maximum Gasteiger partial charge on any atom is 0.264 e. The van der Waals surface area contributed by atoms with E-state index in [9.17, 15) is 12.8 Å². The van der Waals surface area contributed by atoms with Crippen molar-refractivity contribution in [1.82, 2.24) is 20.1 Å². The zero-order chi connectivity index (χ0) is 30.9. The maximum absolute atomic E-state index is 15.7. The van der Waals surface area contributed by atoms with E-state index >= 15 is 8.78 Å². The standard InChI is InChI=1S/C30H35F3N6O3S/c1-17(2)39-29-21(18-8-10-19(11-9-18)35-12-13-42-3)16-36-30(34)27(29)28(37-39)20-14-24(33)25(15-23(20)32)38-43(40,41)26-7-5-4-6-22(26)31/h4-7,14-19,35,38H,8-13H2,1-3H3,(H2,34,36). The van der Waals surface area contributed by atoms with E-state index in [2.05, 4.69) is 15.4 Å². The highest BCUT2D eigenvalue weighted by molar-refractivity contribution is 7.92. The van der Waals surface area contributed by atoms with E-state index in [0.29, 0.717) is 24.1 Å². The minimum absolute atomic E-state index is 0.102. The first-order valence-corrected chi connectivity index (χ1v) is 15.7. The second-order valence-corrected chi connectivity index (χ2v) is 12.7. The number of ether oxygens (including phenoxy) is 1. The van der Waals surface area contributed by atoms with Crippen molar-refractivity contribution in [3.05, 3.63) is 65.6 Å². The lowest BCUT2D eigenvalue weighted by atomic mass is 9.81. The summed E-state index contributed by atoms with van der Waals surface area (Å²) in [5.74, 6) is -2.72. The molecule has 1 fully saturated rings. The van der Waals surface area contributed by atoms with E-state index in [-0.39, 0.29) is 29.0 Å². The average Bonchev–Trinajstić information content (AvgIpc) is 3.37. The third-order valence-corrected chi connectivity index (χ3v) is 9.26. The number of halogens is 3. The molecule has 0 amide bonds. The van der Waals surface area contributed by atoms with Gasteiger partial charge in [-0.3, -0.25) is 9.40 Å². The minimum atomic E-state index is -4.53. The van der Waals surface area contributed by atoms with Crippen LogP contribution in [0.1, 0.15) is 57.1 Å². The van der Waals surface area contributed by atoms with Crippen molar-refractivity contribution in [1.29, 1.82) is 0 Å². The predicted octanol–water partition coefficient (Wildman–Crippen LogP) is 5.74. The number of methoxy groups -OCH3 is 1. The van der Waals surface area contributed by atoms with E-state index in [4.69, 9.17) is 10.5 Å². The first-order chi connectivity index (χ1) is 20.5. The lowest BCUT2D eigenvalue weighted by Gasteiger charge is -2.30. The summed E-state index contributed by atoms with van der Waals surface area (Å²) in [6.45, 7) is 5.30. The molecule has 4 N–H and O–H groups in total. The van der Waals surface area contributed by atoms with E-state index in [1.165, 1.54) is 12.1 Å². The topological polar surface area (TPSA) is 124 Å². The molecule has 0 radical (unpaired) electrons. The number of nitrogens with one attached hydrogen (secondary N) is 2. The second kappa shape index (κ2) is 12.5. The Bertz CT molecular complexity index is 1740. The molecule has 2 aromatic carbocycles. The molecule has 4 aromatic rings. The molecule has 1 aliphatic carbocycles. The van der Waals surface area contributed by atoms with Gasteiger partial charge in [-0.15, -0.1) is 0 Å². The monoisotopic (exact) mass is 616 g/mol. The summed E-state index contributed by atoms with van der Waals surface area (Å²) >= 11 is 0. The average molecular weight is 617 g/mol. The summed E-state index contributed by atoms with van der Waals surface area (Å²) < 4.78 is 79.5. The lowest BCUT2D eigenvalue weighted by Crippen LogP contribution is -2.34. The van der Waals surface area contributed by atoms with Crippen LogP contribution in [0.25, 0.3) is 22.2 Å². The van der Waals surface area contributed by atoms with Crippen molar-refractivity contribution >= 4 is 32.4 Å². The van der Waals surface area contributed by atoms with Crippen LogP contribution in [-0.4, -0.2) is 49.5 Å². The molecule has 0 atom stereocenters. The van der Waals surface area contributed by atoms with Gasteiger partial charge >= 0.3 is 0 Å². The Hall–Kier alpha value is -3.68. The number of anilines is 2. The Balaban J connectivity index is 1.52. The Kier molecular flexibility index (Phi) is 8.95. The molecule has 5 rings (SSSR count). The smallest absolute Gasteiger partial charge is 0.264 e. The van der Waals surface area contributed by atoms with Gasteiger partial charge in [-0.25, -0.2) is 26.6 Å². The Morgan fingerprint density at radius 2 is 1.79 bits per heavy atom. The van der Waals surface area contributed by atoms with Crippen LogP contribution in [0.4, 0.5) is 24.7 Å². The summed E-state index contributed by atoms with van der Waals surface area (Å²) in [6, 6.07) is 6.48. The number of benzene rings is 2. The molecule has 0 spiro atoms. The highest BCUT2D eigenvalue weighted by Crippen LogP contribution is 2.42. The molecule has 0 aliphatic heterocycles. The maximum atomic E-state index is 15.7. The fraction of sp³-hybridized carbons (Fsp3) is 0.400. The van der Waals surface area contributed by atoms with E-state index < -0.39 is 38.1 Å². The van der Waals surface area contributed by atoms with Gasteiger partial charge in [0, 0.05) is 43.6 Å². The van der Waals surface area contributed by atoms with Gasteiger partial charge < -0.3 is 15.8 Å². The van der Waals surface area contributed by atoms with E-state index in [0.717, 1.165) is 61.5 Å². The molecule has 1 saturated carbocycles. The highest BCUT2D eigenvalue weighted by atomic mass is 32.2. The summed E-state index contributed by atoms with van der Waals surface area (Å²) in [6.07, 6.45) is 5.50. The van der Waals surface area contributed by atoms with Crippen LogP contribution in [0.2, 0.25) is 0 Å². The van der Waals surface area contributed by atoms with Crippen LogP contribution in [0.5, 0.6) is 0 Å². The van der Waals surface area contributed by atoms with Crippen molar-refractivity contribution in [2.24, 2.45) is 0 Å². The number of aromatic nitrogens is 3. The SMILES string of the molecule is COCCNC1CCC(c2cnc(N)c3c(-c4cc(F)c(NS(=O)(=O)c5ccccc5F)cc4F)nn(C(C)C)c23)CC1. The molecule has 2 aromatic heterocycles. The molecule has 0 unspecified atom stereocenters. The molecule has 1 aliphatic rings. The van der Waals surface area contributed by atoms with Crippen LogP contribution in [-0.2, 0) is 14.8 Å². The number of hydrogen-bond donors (Lipinski definition) is 3. The molecule has 13 heteroatoms. The van der Waals surface area contributed by atoms with Crippen molar-refractivity contribution in [3.63, 3.8) is 0 Å². The number of hydrogen-bond acceptors (Lipinski definition) is 7. The van der Waals surface area contributed by atoms with Gasteiger partial charge in [0.1, 0.15) is 33.9 Å². The zero-order valence-electron chi connectivity index (χ0n) is 24.2. The quantitative estimate of drug-likeness (QED) is 0.194. The lowest BCUT2D eigenvalue weighted by molar-refractivity contribution is 0.191. The molecule has 2 heterocycles. The number of rotatable bonds is 10. The molecular weight excluding hydrogens is 581 g/mol. The number of nitrogens with two attached hydrogens (primary N) is 1. The molecule has 43 heavy (non-hydrogen) atoms. The van der Waals surface area contributed by atoms with Crippen molar-refractivity contribution in [2.45, 2.75) is 62.4 Å². The van der Waals surface area contributed by atoms with Crippen molar-refractivity contribution in [2.75, 3.05) is 30.7 Å². The van der Waals surface area contributed by atoms with Crippen LogP contribution in [0, 0.1) is 17.5 Å². The number of sulfonamides is 1. The molecular formula is C30H35F3N6O3S. The number of nitrogens with zero attached hydrogens (tertiary/aromatic N) is 3. The Labute approximate surface area is 248 Å². The summed E-state index contributed by atoms with van der Waals surface area (Å²) in [7, 11) is -2.86. The van der Waals surface area contributed by atoms with Crippen LogP contribution < -0.4 is 15.8 Å². The fourth-order valence-electron chi connectivity index (χ4n) is 5.72. The van der Waals surface area contributed by atoms with Crippen LogP contribution in [0.3, 0.4) is 0 Å². The molecule has 9 nitrogen and oxygen atoms in total. The number of pyridine rings is 1. The minimum Gasteiger partial charge on any atom is -0.383 e. The normalized spacial score (nSPS) is 17.6. The van der Waals surface area contributed by atoms with Gasteiger partial charge in [0.25, 0.3) is 10.0 Å². The summed E-state index contributed by atoms with van der Waals surface area (Å²) in [4.78, 5) is 3.74.